The number of nitrogens with zero attached hydrogens (tertiary/aromatic N) is 3. The second-order valence-corrected chi connectivity index (χ2v) is 5.79. The summed E-state index contributed by atoms with van der Waals surface area (Å²) < 4.78 is 0. The summed E-state index contributed by atoms with van der Waals surface area (Å²) in [4.78, 5) is 14.3. The number of anilines is 1. The number of hydrogen-bond acceptors (Lipinski definition) is 3. The number of fused-ring (bicyclic) bond motifs is 3. The van der Waals surface area contributed by atoms with Crippen LogP contribution in [0.5, 0.6) is 0 Å². The molecule has 0 saturated heterocycles. The van der Waals surface area contributed by atoms with Gasteiger partial charge in [0.25, 0.3) is 0 Å². The van der Waals surface area contributed by atoms with E-state index >= 15 is 0 Å². The first kappa shape index (κ1) is 10.4. The second-order valence-electron chi connectivity index (χ2n) is 5.79. The zero-order chi connectivity index (χ0) is 12.1. The number of aromatic nitrogens is 3. The summed E-state index contributed by atoms with van der Waals surface area (Å²) in [5.41, 5.74) is 0.940. The molecule has 2 saturated carbocycles. The van der Waals surface area contributed by atoms with Crippen LogP contribution >= 0.6 is 0 Å². The Morgan fingerprint density at radius 2 is 2.22 bits per heavy atom. The van der Waals surface area contributed by atoms with E-state index in [1.54, 1.807) is 6.33 Å². The number of H-pyrrole nitrogens is 1. The third-order valence-electron chi connectivity index (χ3n) is 4.87. The monoisotopic (exact) mass is 242 g/mol. The Balaban J connectivity index is 1.72. The minimum atomic E-state index is 0.678. The summed E-state index contributed by atoms with van der Waals surface area (Å²) in [5, 5.41) is 1.14. The molecule has 3 unspecified atom stereocenters. The fourth-order valence-electron chi connectivity index (χ4n) is 3.98. The molecule has 4 heteroatoms. The van der Waals surface area contributed by atoms with Gasteiger partial charge in [0.15, 0.2) is 0 Å². The maximum atomic E-state index is 4.50. The average molecular weight is 242 g/mol. The first-order valence-electron chi connectivity index (χ1n) is 6.84. The fraction of sp³-hybridized carbons (Fsp3) is 0.571. The lowest BCUT2D eigenvalue weighted by atomic mass is 9.94. The van der Waals surface area contributed by atoms with E-state index < -0.39 is 0 Å². The zero-order valence-corrected chi connectivity index (χ0v) is 10.6. The Bertz CT molecular complexity index is 576. The van der Waals surface area contributed by atoms with Gasteiger partial charge in [-0.3, -0.25) is 0 Å². The number of aromatic amines is 1. The van der Waals surface area contributed by atoms with Crippen molar-refractivity contribution in [2.24, 2.45) is 11.8 Å². The van der Waals surface area contributed by atoms with Crippen LogP contribution in [-0.2, 0) is 0 Å². The quantitative estimate of drug-likeness (QED) is 0.880. The molecule has 2 fully saturated rings. The highest BCUT2D eigenvalue weighted by Crippen LogP contribution is 2.47. The molecule has 0 radical (unpaired) electrons. The fourth-order valence-corrected chi connectivity index (χ4v) is 3.98. The van der Waals surface area contributed by atoms with Crippen LogP contribution in [0.3, 0.4) is 0 Å². The van der Waals surface area contributed by atoms with Gasteiger partial charge >= 0.3 is 0 Å². The van der Waals surface area contributed by atoms with E-state index in [9.17, 15) is 0 Å². The van der Waals surface area contributed by atoms with E-state index in [1.165, 1.54) is 25.7 Å². The summed E-state index contributed by atoms with van der Waals surface area (Å²) in [7, 11) is 2.19. The van der Waals surface area contributed by atoms with Crippen LogP contribution in [-0.4, -0.2) is 28.0 Å². The largest absolute Gasteiger partial charge is 0.356 e. The maximum absolute atomic E-state index is 4.50. The van der Waals surface area contributed by atoms with Gasteiger partial charge in [-0.15, -0.1) is 0 Å². The highest BCUT2D eigenvalue weighted by Gasteiger charge is 2.41. The zero-order valence-electron chi connectivity index (χ0n) is 10.6. The van der Waals surface area contributed by atoms with Crippen LogP contribution in [0.1, 0.15) is 25.7 Å². The first-order valence-corrected chi connectivity index (χ1v) is 6.84. The van der Waals surface area contributed by atoms with Crippen molar-refractivity contribution in [3.63, 3.8) is 0 Å². The van der Waals surface area contributed by atoms with Crippen LogP contribution < -0.4 is 4.90 Å². The topological polar surface area (TPSA) is 44.8 Å². The molecule has 2 bridgehead atoms. The molecule has 2 heterocycles. The van der Waals surface area contributed by atoms with E-state index in [0.717, 1.165) is 28.7 Å². The Labute approximate surface area is 106 Å². The minimum absolute atomic E-state index is 0.678. The van der Waals surface area contributed by atoms with E-state index in [1.807, 2.05) is 6.20 Å². The van der Waals surface area contributed by atoms with Gasteiger partial charge in [0, 0.05) is 19.3 Å². The Hall–Kier alpha value is -1.58. The predicted octanol–water partition coefficient (Wildman–Crippen LogP) is 2.58. The summed E-state index contributed by atoms with van der Waals surface area (Å²) >= 11 is 0. The lowest BCUT2D eigenvalue weighted by molar-refractivity contribution is 0.404. The Morgan fingerprint density at radius 3 is 3.00 bits per heavy atom. The highest BCUT2D eigenvalue weighted by molar-refractivity contribution is 5.87. The van der Waals surface area contributed by atoms with E-state index in [4.69, 9.17) is 0 Å². The normalized spacial score (nSPS) is 30.2. The van der Waals surface area contributed by atoms with E-state index in [2.05, 4.69) is 33.0 Å². The molecule has 2 aliphatic carbocycles. The van der Waals surface area contributed by atoms with Gasteiger partial charge in [-0.25, -0.2) is 9.97 Å². The van der Waals surface area contributed by atoms with Crippen molar-refractivity contribution in [3.8, 4) is 0 Å². The number of rotatable bonds is 2. The van der Waals surface area contributed by atoms with Crippen molar-refractivity contribution >= 4 is 16.9 Å². The molecule has 0 spiro atoms. The van der Waals surface area contributed by atoms with Crippen LogP contribution in [0, 0.1) is 11.8 Å². The average Bonchev–Trinajstić information content (AvgIpc) is 3.12. The molecular formula is C14H18N4. The molecule has 2 aromatic heterocycles. The van der Waals surface area contributed by atoms with Crippen molar-refractivity contribution in [2.45, 2.75) is 31.7 Å². The van der Waals surface area contributed by atoms with Crippen LogP contribution in [0.25, 0.3) is 11.0 Å². The van der Waals surface area contributed by atoms with Crippen molar-refractivity contribution in [1.29, 1.82) is 0 Å². The summed E-state index contributed by atoms with van der Waals surface area (Å²) in [6, 6.07) is 2.76. The molecule has 0 aliphatic heterocycles. The molecule has 4 rings (SSSR count). The third kappa shape index (κ3) is 1.38. The first-order chi connectivity index (χ1) is 8.83. The van der Waals surface area contributed by atoms with Gasteiger partial charge < -0.3 is 9.88 Å². The summed E-state index contributed by atoms with van der Waals surface area (Å²) in [5.74, 6) is 2.92. The van der Waals surface area contributed by atoms with Gasteiger partial charge in [0.05, 0.1) is 5.39 Å². The maximum Gasteiger partial charge on any atom is 0.142 e. The molecule has 0 amide bonds. The van der Waals surface area contributed by atoms with Crippen molar-refractivity contribution in [3.05, 3.63) is 18.6 Å². The molecule has 1 N–H and O–H groups in total. The van der Waals surface area contributed by atoms with Gasteiger partial charge in [-0.05, 0) is 37.2 Å². The second kappa shape index (κ2) is 3.70. The Morgan fingerprint density at radius 1 is 1.28 bits per heavy atom. The van der Waals surface area contributed by atoms with E-state index in [-0.39, 0.29) is 0 Å². The molecule has 4 nitrogen and oxygen atoms in total. The van der Waals surface area contributed by atoms with Gasteiger partial charge in [0.2, 0.25) is 0 Å². The predicted molar refractivity (Wildman–Crippen MR) is 71.5 cm³/mol. The molecule has 94 valence electrons. The molecule has 18 heavy (non-hydrogen) atoms. The molecule has 2 aromatic rings. The molecule has 2 aliphatic rings. The molecular weight excluding hydrogens is 224 g/mol. The molecule has 0 aromatic carbocycles. The molecule has 3 atom stereocenters. The van der Waals surface area contributed by atoms with Gasteiger partial charge in [-0.2, -0.15) is 0 Å². The summed E-state index contributed by atoms with van der Waals surface area (Å²) in [6.45, 7) is 0. The van der Waals surface area contributed by atoms with Crippen LogP contribution in [0.4, 0.5) is 5.82 Å². The van der Waals surface area contributed by atoms with Crippen molar-refractivity contribution < 1.29 is 0 Å². The SMILES string of the molecule is CN(c1ncnc2[nH]ccc12)C1CC2CCC1C2. The van der Waals surface area contributed by atoms with Gasteiger partial charge in [-0.1, -0.05) is 6.42 Å². The van der Waals surface area contributed by atoms with E-state index in [0.29, 0.717) is 6.04 Å². The van der Waals surface area contributed by atoms with Gasteiger partial charge in [0.1, 0.15) is 17.8 Å². The summed E-state index contributed by atoms with van der Waals surface area (Å²) in [6.07, 6.45) is 9.22. The Kier molecular flexibility index (Phi) is 2.13. The third-order valence-corrected chi connectivity index (χ3v) is 4.87. The highest BCUT2D eigenvalue weighted by atomic mass is 15.2. The van der Waals surface area contributed by atoms with Crippen molar-refractivity contribution in [2.75, 3.05) is 11.9 Å². The lowest BCUT2D eigenvalue weighted by Crippen LogP contribution is -2.36. The number of hydrogen-bond donors (Lipinski definition) is 1. The van der Waals surface area contributed by atoms with Crippen LogP contribution in [0.15, 0.2) is 18.6 Å². The van der Waals surface area contributed by atoms with Crippen LogP contribution in [0.2, 0.25) is 0 Å². The standard InChI is InChI=1S/C14H18N4/c1-18(12-7-9-2-3-10(12)6-9)14-11-4-5-15-13(11)16-8-17-14/h4-5,8-10,12H,2-3,6-7H2,1H3,(H,15,16,17). The minimum Gasteiger partial charge on any atom is -0.356 e. The van der Waals surface area contributed by atoms with Crippen molar-refractivity contribution in [1.82, 2.24) is 15.0 Å². The number of nitrogens with one attached hydrogen (secondary N) is 1. The lowest BCUT2D eigenvalue weighted by Gasteiger charge is -2.32. The smallest absolute Gasteiger partial charge is 0.142 e.